The van der Waals surface area contributed by atoms with Crippen LogP contribution in [-0.2, 0) is 10.0 Å². The maximum atomic E-state index is 11.5. The van der Waals surface area contributed by atoms with E-state index in [-0.39, 0.29) is 9.90 Å². The smallest absolute Gasteiger partial charge is 0.316 e. The minimum Gasteiger partial charge on any atom is -0.351 e. The zero-order valence-corrected chi connectivity index (χ0v) is 12.3. The first-order valence-electron chi connectivity index (χ1n) is 5.26. The predicted molar refractivity (Wildman–Crippen MR) is 79.3 cm³/mol. The Labute approximate surface area is 124 Å². The predicted octanol–water partition coefficient (Wildman–Crippen LogP) is 2.21. The number of primary amides is 1. The second-order valence-corrected chi connectivity index (χ2v) is 7.10. The zero-order valence-electron chi connectivity index (χ0n) is 9.96. The molecule has 106 valence electrons. The van der Waals surface area contributed by atoms with E-state index < -0.39 is 16.1 Å². The fourth-order valence-corrected chi connectivity index (χ4v) is 3.77. The molecule has 0 aliphatic heterocycles. The number of nitrogens with two attached hydrogens (primary N) is 2. The van der Waals surface area contributed by atoms with Crippen LogP contribution in [0.15, 0.2) is 34.5 Å². The van der Waals surface area contributed by atoms with Crippen LogP contribution in [0.1, 0.15) is 0 Å². The fourth-order valence-electron chi connectivity index (χ4n) is 1.59. The molecule has 1 aromatic heterocycles. The van der Waals surface area contributed by atoms with Gasteiger partial charge in [0.2, 0.25) is 10.0 Å². The Morgan fingerprint density at radius 3 is 2.55 bits per heavy atom. The molecule has 2 amide bonds. The van der Waals surface area contributed by atoms with Gasteiger partial charge < -0.3 is 11.1 Å². The Bertz CT molecular complexity index is 771. The third-order valence-electron chi connectivity index (χ3n) is 2.32. The van der Waals surface area contributed by atoms with Crippen molar-refractivity contribution >= 4 is 44.7 Å². The molecular formula is C11H10ClN3O3S2. The van der Waals surface area contributed by atoms with Crippen molar-refractivity contribution in [3.63, 3.8) is 0 Å². The average Bonchev–Trinajstić information content (AvgIpc) is 2.71. The van der Waals surface area contributed by atoms with E-state index in [0.717, 1.165) is 11.3 Å². The van der Waals surface area contributed by atoms with E-state index in [4.69, 9.17) is 22.5 Å². The van der Waals surface area contributed by atoms with Crippen molar-refractivity contribution in [1.29, 1.82) is 0 Å². The molecule has 1 heterocycles. The molecule has 0 bridgehead atoms. The number of nitrogens with one attached hydrogen (secondary N) is 1. The lowest BCUT2D eigenvalue weighted by molar-refractivity contribution is 0.259. The van der Waals surface area contributed by atoms with Crippen molar-refractivity contribution in [2.45, 2.75) is 4.21 Å². The summed E-state index contributed by atoms with van der Waals surface area (Å²) in [5, 5.41) is 7.87. The van der Waals surface area contributed by atoms with Crippen LogP contribution in [0, 0.1) is 0 Å². The normalized spacial score (nSPS) is 11.3. The Kier molecular flexibility index (Phi) is 4.00. The van der Waals surface area contributed by atoms with Crippen LogP contribution < -0.4 is 16.2 Å². The van der Waals surface area contributed by atoms with E-state index >= 15 is 0 Å². The summed E-state index contributed by atoms with van der Waals surface area (Å²) in [5.74, 6) is 0. The molecule has 0 spiro atoms. The van der Waals surface area contributed by atoms with Crippen molar-refractivity contribution in [3.8, 4) is 10.4 Å². The van der Waals surface area contributed by atoms with E-state index in [9.17, 15) is 13.2 Å². The van der Waals surface area contributed by atoms with Crippen molar-refractivity contribution in [3.05, 3.63) is 35.4 Å². The van der Waals surface area contributed by atoms with Gasteiger partial charge in [-0.2, -0.15) is 0 Å². The molecular weight excluding hydrogens is 322 g/mol. The number of amides is 2. The summed E-state index contributed by atoms with van der Waals surface area (Å²) in [6.07, 6.45) is 0. The summed E-state index contributed by atoms with van der Waals surface area (Å²) >= 11 is 6.82. The van der Waals surface area contributed by atoms with Crippen LogP contribution in [0.25, 0.3) is 10.4 Å². The summed E-state index contributed by atoms with van der Waals surface area (Å²) in [6.45, 7) is 0. The van der Waals surface area contributed by atoms with Gasteiger partial charge in [-0.15, -0.1) is 11.3 Å². The number of halogens is 1. The molecule has 0 aliphatic carbocycles. The number of anilines is 1. The number of sulfonamides is 1. The van der Waals surface area contributed by atoms with Gasteiger partial charge >= 0.3 is 6.03 Å². The van der Waals surface area contributed by atoms with E-state index in [2.05, 4.69) is 5.32 Å². The molecule has 0 aliphatic rings. The van der Waals surface area contributed by atoms with Crippen LogP contribution in [-0.4, -0.2) is 14.4 Å². The number of benzene rings is 1. The summed E-state index contributed by atoms with van der Waals surface area (Å²) in [5.41, 5.74) is 5.77. The van der Waals surface area contributed by atoms with Crippen LogP contribution >= 0.6 is 22.9 Å². The second kappa shape index (κ2) is 5.41. The van der Waals surface area contributed by atoms with E-state index in [0.29, 0.717) is 15.5 Å². The molecule has 0 atom stereocenters. The Balaban J connectivity index is 2.57. The summed E-state index contributed by atoms with van der Waals surface area (Å²) in [7, 11) is -3.96. The van der Waals surface area contributed by atoms with Crippen molar-refractivity contribution in [2.24, 2.45) is 10.9 Å². The SMILES string of the molecule is NC(=O)Nc1cc(-c2cccc(Cl)c2)sc1S(N)(=O)=O. The third-order valence-corrected chi connectivity index (χ3v) is 5.22. The Morgan fingerprint density at radius 2 is 2.00 bits per heavy atom. The number of primary sulfonamides is 1. The maximum Gasteiger partial charge on any atom is 0.316 e. The minimum atomic E-state index is -3.96. The average molecular weight is 332 g/mol. The highest BCUT2D eigenvalue weighted by Crippen LogP contribution is 2.37. The lowest BCUT2D eigenvalue weighted by Crippen LogP contribution is -2.21. The van der Waals surface area contributed by atoms with Gasteiger partial charge in [0.1, 0.15) is 0 Å². The van der Waals surface area contributed by atoms with Gasteiger partial charge in [-0.1, -0.05) is 23.7 Å². The molecule has 6 nitrogen and oxygen atoms in total. The van der Waals surface area contributed by atoms with Crippen LogP contribution in [0.2, 0.25) is 5.02 Å². The first kappa shape index (κ1) is 14.8. The van der Waals surface area contributed by atoms with Gasteiger partial charge in [-0.3, -0.25) is 0 Å². The highest BCUT2D eigenvalue weighted by molar-refractivity contribution is 7.91. The summed E-state index contributed by atoms with van der Waals surface area (Å²) in [6, 6.07) is 7.48. The van der Waals surface area contributed by atoms with Crippen LogP contribution in [0.3, 0.4) is 0 Å². The monoisotopic (exact) mass is 331 g/mol. The second-order valence-electron chi connectivity index (χ2n) is 3.86. The van der Waals surface area contributed by atoms with Gasteiger partial charge in [0.25, 0.3) is 0 Å². The van der Waals surface area contributed by atoms with Crippen LogP contribution in [0.4, 0.5) is 10.5 Å². The van der Waals surface area contributed by atoms with Crippen molar-refractivity contribution in [1.82, 2.24) is 0 Å². The Hall–Kier alpha value is -1.61. The van der Waals surface area contributed by atoms with Gasteiger partial charge in [-0.25, -0.2) is 18.4 Å². The fraction of sp³-hybridized carbons (Fsp3) is 0. The molecule has 2 aromatic rings. The number of carbonyl (C=O) groups excluding carboxylic acids is 1. The van der Waals surface area contributed by atoms with E-state index in [1.807, 2.05) is 0 Å². The molecule has 0 saturated heterocycles. The van der Waals surface area contributed by atoms with Gasteiger partial charge in [-0.05, 0) is 23.8 Å². The number of thiophene rings is 1. The van der Waals surface area contributed by atoms with Gasteiger partial charge in [0.05, 0.1) is 5.69 Å². The number of hydrogen-bond acceptors (Lipinski definition) is 4. The number of carbonyl (C=O) groups is 1. The highest BCUT2D eigenvalue weighted by atomic mass is 35.5. The Morgan fingerprint density at radius 1 is 1.30 bits per heavy atom. The van der Waals surface area contributed by atoms with E-state index in [1.54, 1.807) is 24.3 Å². The molecule has 20 heavy (non-hydrogen) atoms. The first-order valence-corrected chi connectivity index (χ1v) is 8.00. The maximum absolute atomic E-state index is 11.5. The molecule has 0 unspecified atom stereocenters. The molecule has 0 radical (unpaired) electrons. The highest BCUT2D eigenvalue weighted by Gasteiger charge is 2.20. The van der Waals surface area contributed by atoms with Crippen molar-refractivity contribution in [2.75, 3.05) is 5.32 Å². The molecule has 2 rings (SSSR count). The van der Waals surface area contributed by atoms with Gasteiger partial charge in [0.15, 0.2) is 4.21 Å². The number of rotatable bonds is 3. The third kappa shape index (κ3) is 3.28. The molecule has 0 saturated carbocycles. The number of urea groups is 1. The van der Waals surface area contributed by atoms with Crippen molar-refractivity contribution < 1.29 is 13.2 Å². The minimum absolute atomic E-state index is 0.0555. The molecule has 1 aromatic carbocycles. The van der Waals surface area contributed by atoms with Gasteiger partial charge in [0, 0.05) is 9.90 Å². The molecule has 5 N–H and O–H groups in total. The zero-order chi connectivity index (χ0) is 14.9. The molecule has 0 fully saturated rings. The van der Waals surface area contributed by atoms with E-state index in [1.165, 1.54) is 6.07 Å². The standard InChI is InChI=1S/C11H10ClN3O3S2/c12-7-3-1-2-6(4-7)9-5-8(15-11(13)16)10(19-9)20(14,17)18/h1-5H,(H3,13,15,16)(H2,14,17,18). The summed E-state index contributed by atoms with van der Waals surface area (Å²) in [4.78, 5) is 11.5. The van der Waals surface area contributed by atoms with Crippen LogP contribution in [0.5, 0.6) is 0 Å². The lowest BCUT2D eigenvalue weighted by Gasteiger charge is -2.00. The molecule has 9 heteroatoms. The number of hydrogen-bond donors (Lipinski definition) is 3. The topological polar surface area (TPSA) is 115 Å². The summed E-state index contributed by atoms with van der Waals surface area (Å²) < 4.78 is 22.9. The first-order chi connectivity index (χ1) is 9.27. The largest absolute Gasteiger partial charge is 0.351 e. The quantitative estimate of drug-likeness (QED) is 0.800. The lowest BCUT2D eigenvalue weighted by atomic mass is 10.2.